The second kappa shape index (κ2) is 7.05. The molecule has 112 valence electrons. The summed E-state index contributed by atoms with van der Waals surface area (Å²) < 4.78 is 5.51. The predicted octanol–water partition coefficient (Wildman–Crippen LogP) is 2.66. The Labute approximate surface area is 119 Å². The molecule has 2 aliphatic rings. The molecule has 0 bridgehead atoms. The molecular formula is C16H32N2O. The molecule has 0 spiro atoms. The van der Waals surface area contributed by atoms with E-state index in [9.17, 15) is 0 Å². The largest absolute Gasteiger partial charge is 0.381 e. The Hall–Kier alpha value is -0.120. The van der Waals surface area contributed by atoms with Gasteiger partial charge in [-0.2, -0.15) is 0 Å². The van der Waals surface area contributed by atoms with Gasteiger partial charge in [0.1, 0.15) is 0 Å². The number of ether oxygens (including phenoxy) is 1. The molecule has 2 aliphatic heterocycles. The Morgan fingerprint density at radius 3 is 2.68 bits per heavy atom. The zero-order valence-electron chi connectivity index (χ0n) is 13.1. The van der Waals surface area contributed by atoms with Gasteiger partial charge in [-0.15, -0.1) is 0 Å². The van der Waals surface area contributed by atoms with Crippen LogP contribution in [0.2, 0.25) is 0 Å². The third kappa shape index (κ3) is 4.44. The Kier molecular flexibility index (Phi) is 5.67. The van der Waals surface area contributed by atoms with E-state index in [1.54, 1.807) is 0 Å². The van der Waals surface area contributed by atoms with E-state index in [2.05, 4.69) is 31.0 Å². The van der Waals surface area contributed by atoms with Crippen LogP contribution >= 0.6 is 0 Å². The summed E-state index contributed by atoms with van der Waals surface area (Å²) in [6.07, 6.45) is 6.33. The number of nitrogens with one attached hydrogen (secondary N) is 1. The second-order valence-corrected chi connectivity index (χ2v) is 6.92. The van der Waals surface area contributed by atoms with Gasteiger partial charge in [-0.3, -0.25) is 0 Å². The van der Waals surface area contributed by atoms with E-state index in [1.165, 1.54) is 51.7 Å². The zero-order valence-corrected chi connectivity index (χ0v) is 13.1. The summed E-state index contributed by atoms with van der Waals surface area (Å²) in [6, 6.07) is 1.47. The average molecular weight is 268 g/mol. The van der Waals surface area contributed by atoms with E-state index >= 15 is 0 Å². The molecule has 0 amide bonds. The minimum absolute atomic E-state index is 0.482. The molecule has 3 nitrogen and oxygen atoms in total. The van der Waals surface area contributed by atoms with Crippen molar-refractivity contribution in [3.05, 3.63) is 0 Å². The molecular weight excluding hydrogens is 236 g/mol. The van der Waals surface area contributed by atoms with Crippen molar-refractivity contribution < 1.29 is 4.74 Å². The highest BCUT2D eigenvalue weighted by molar-refractivity contribution is 4.88. The number of nitrogens with zero attached hydrogens (tertiary/aromatic N) is 1. The van der Waals surface area contributed by atoms with Gasteiger partial charge in [0, 0.05) is 31.8 Å². The fourth-order valence-corrected chi connectivity index (χ4v) is 3.50. The second-order valence-electron chi connectivity index (χ2n) is 6.92. The van der Waals surface area contributed by atoms with Crippen LogP contribution in [-0.4, -0.2) is 49.8 Å². The molecule has 2 atom stereocenters. The van der Waals surface area contributed by atoms with Gasteiger partial charge in [-0.1, -0.05) is 13.8 Å². The quantitative estimate of drug-likeness (QED) is 0.829. The standard InChI is InChI=1S/C16H32N2O/c1-4-8-17-15-5-9-18(14(2)12-15)13-16(3)6-10-19-11-7-16/h14-15,17H,4-13H2,1-3H3. The van der Waals surface area contributed by atoms with E-state index in [1.807, 2.05) is 0 Å². The van der Waals surface area contributed by atoms with Gasteiger partial charge in [0.05, 0.1) is 0 Å². The van der Waals surface area contributed by atoms with E-state index in [4.69, 9.17) is 4.74 Å². The van der Waals surface area contributed by atoms with E-state index in [-0.39, 0.29) is 0 Å². The molecule has 1 N–H and O–H groups in total. The minimum atomic E-state index is 0.482. The normalized spacial score (nSPS) is 32.4. The number of hydrogen-bond acceptors (Lipinski definition) is 3. The maximum atomic E-state index is 5.51. The highest BCUT2D eigenvalue weighted by Gasteiger charge is 2.33. The van der Waals surface area contributed by atoms with Crippen LogP contribution in [0.25, 0.3) is 0 Å². The van der Waals surface area contributed by atoms with Gasteiger partial charge in [-0.25, -0.2) is 0 Å². The summed E-state index contributed by atoms with van der Waals surface area (Å²) >= 11 is 0. The van der Waals surface area contributed by atoms with Crippen molar-refractivity contribution in [1.82, 2.24) is 10.2 Å². The van der Waals surface area contributed by atoms with E-state index < -0.39 is 0 Å². The van der Waals surface area contributed by atoms with Crippen LogP contribution in [0, 0.1) is 5.41 Å². The minimum Gasteiger partial charge on any atom is -0.381 e. The van der Waals surface area contributed by atoms with Gasteiger partial charge in [0.15, 0.2) is 0 Å². The van der Waals surface area contributed by atoms with Crippen molar-refractivity contribution in [2.45, 2.75) is 65.0 Å². The molecule has 0 radical (unpaired) electrons. The fraction of sp³-hybridized carbons (Fsp3) is 1.00. The van der Waals surface area contributed by atoms with Crippen LogP contribution in [0.5, 0.6) is 0 Å². The van der Waals surface area contributed by atoms with Crippen molar-refractivity contribution >= 4 is 0 Å². The first-order chi connectivity index (χ1) is 9.13. The first kappa shape index (κ1) is 15.3. The third-order valence-electron chi connectivity index (χ3n) is 4.98. The molecule has 3 heteroatoms. The molecule has 2 heterocycles. The molecule has 19 heavy (non-hydrogen) atoms. The lowest BCUT2D eigenvalue weighted by atomic mass is 9.81. The zero-order chi connectivity index (χ0) is 13.7. The Bertz CT molecular complexity index is 263. The summed E-state index contributed by atoms with van der Waals surface area (Å²) in [5.74, 6) is 0. The Balaban J connectivity index is 1.79. The Morgan fingerprint density at radius 2 is 2.05 bits per heavy atom. The summed E-state index contributed by atoms with van der Waals surface area (Å²) in [6.45, 7) is 12.7. The van der Waals surface area contributed by atoms with Gasteiger partial charge in [-0.05, 0) is 57.5 Å². The monoisotopic (exact) mass is 268 g/mol. The van der Waals surface area contributed by atoms with Crippen LogP contribution in [0.15, 0.2) is 0 Å². The van der Waals surface area contributed by atoms with Gasteiger partial charge in [0.25, 0.3) is 0 Å². The molecule has 0 aromatic heterocycles. The lowest BCUT2D eigenvalue weighted by molar-refractivity contribution is -0.00890. The molecule has 0 aromatic carbocycles. The summed E-state index contributed by atoms with van der Waals surface area (Å²) in [7, 11) is 0. The van der Waals surface area contributed by atoms with E-state index in [0.29, 0.717) is 5.41 Å². The predicted molar refractivity (Wildman–Crippen MR) is 80.5 cm³/mol. The van der Waals surface area contributed by atoms with Gasteiger partial charge in [0.2, 0.25) is 0 Å². The molecule has 2 unspecified atom stereocenters. The average Bonchev–Trinajstić information content (AvgIpc) is 2.40. The molecule has 0 saturated carbocycles. The van der Waals surface area contributed by atoms with Crippen LogP contribution in [0.1, 0.15) is 52.9 Å². The SMILES string of the molecule is CCCNC1CCN(CC2(C)CCOCC2)C(C)C1. The van der Waals surface area contributed by atoms with Crippen molar-refractivity contribution in [1.29, 1.82) is 0 Å². The van der Waals surface area contributed by atoms with Gasteiger partial charge < -0.3 is 15.0 Å². The summed E-state index contributed by atoms with van der Waals surface area (Å²) in [5.41, 5.74) is 0.482. The molecule has 0 aromatic rings. The summed E-state index contributed by atoms with van der Waals surface area (Å²) in [5, 5.41) is 3.69. The number of rotatable bonds is 5. The maximum Gasteiger partial charge on any atom is 0.0471 e. The van der Waals surface area contributed by atoms with Crippen molar-refractivity contribution in [2.75, 3.05) is 32.8 Å². The van der Waals surface area contributed by atoms with E-state index in [0.717, 1.165) is 25.3 Å². The Morgan fingerprint density at radius 1 is 1.32 bits per heavy atom. The summed E-state index contributed by atoms with van der Waals surface area (Å²) in [4.78, 5) is 2.72. The van der Waals surface area contributed by atoms with Gasteiger partial charge >= 0.3 is 0 Å². The van der Waals surface area contributed by atoms with Crippen LogP contribution < -0.4 is 5.32 Å². The van der Waals surface area contributed by atoms with Crippen LogP contribution in [0.3, 0.4) is 0 Å². The van der Waals surface area contributed by atoms with Crippen molar-refractivity contribution in [3.8, 4) is 0 Å². The maximum absolute atomic E-state index is 5.51. The third-order valence-corrected chi connectivity index (χ3v) is 4.98. The molecule has 2 saturated heterocycles. The lowest BCUT2D eigenvalue weighted by Crippen LogP contribution is -2.51. The smallest absolute Gasteiger partial charge is 0.0471 e. The topological polar surface area (TPSA) is 24.5 Å². The number of piperidine rings is 1. The lowest BCUT2D eigenvalue weighted by Gasteiger charge is -2.44. The first-order valence-corrected chi connectivity index (χ1v) is 8.18. The van der Waals surface area contributed by atoms with Crippen LogP contribution in [0.4, 0.5) is 0 Å². The number of hydrogen-bond donors (Lipinski definition) is 1. The highest BCUT2D eigenvalue weighted by Crippen LogP contribution is 2.32. The van der Waals surface area contributed by atoms with Crippen molar-refractivity contribution in [3.63, 3.8) is 0 Å². The molecule has 2 fully saturated rings. The van der Waals surface area contributed by atoms with Crippen molar-refractivity contribution in [2.24, 2.45) is 5.41 Å². The highest BCUT2D eigenvalue weighted by atomic mass is 16.5. The number of likely N-dealkylation sites (tertiary alicyclic amines) is 1. The molecule has 0 aliphatic carbocycles. The molecule has 2 rings (SSSR count). The fourth-order valence-electron chi connectivity index (χ4n) is 3.50. The first-order valence-electron chi connectivity index (χ1n) is 8.18. The van der Waals surface area contributed by atoms with Crippen LogP contribution in [-0.2, 0) is 4.74 Å².